The zero-order valence-corrected chi connectivity index (χ0v) is 9.63. The molecule has 0 radical (unpaired) electrons. The first kappa shape index (κ1) is 11.6. The van der Waals surface area contributed by atoms with E-state index in [4.69, 9.17) is 5.11 Å². The van der Waals surface area contributed by atoms with E-state index < -0.39 is 0 Å². The molecule has 0 aromatic carbocycles. The average Bonchev–Trinajstić information content (AvgIpc) is 2.82. The number of nitrogens with one attached hydrogen (secondary N) is 1. The number of fused-ring (bicyclic) bond motifs is 1. The van der Waals surface area contributed by atoms with Gasteiger partial charge in [-0.1, -0.05) is 6.92 Å². The fraction of sp³-hybridized carbons (Fsp3) is 0.333. The Hall–Kier alpha value is -1.88. The fourth-order valence-electron chi connectivity index (χ4n) is 1.60. The van der Waals surface area contributed by atoms with Crippen LogP contribution in [0.1, 0.15) is 23.7 Å². The van der Waals surface area contributed by atoms with Gasteiger partial charge in [-0.2, -0.15) is 0 Å². The van der Waals surface area contributed by atoms with Crippen molar-refractivity contribution in [2.45, 2.75) is 19.4 Å². The van der Waals surface area contributed by atoms with Gasteiger partial charge in [0.05, 0.1) is 18.2 Å². The lowest BCUT2D eigenvalue weighted by Gasteiger charge is -2.13. The molecule has 2 aromatic rings. The summed E-state index contributed by atoms with van der Waals surface area (Å²) in [7, 11) is 0. The van der Waals surface area contributed by atoms with E-state index in [9.17, 15) is 4.79 Å². The van der Waals surface area contributed by atoms with Crippen molar-refractivity contribution in [3.63, 3.8) is 0 Å². The minimum Gasteiger partial charge on any atom is -0.394 e. The summed E-state index contributed by atoms with van der Waals surface area (Å²) in [6.07, 6.45) is 5.90. The molecule has 0 aliphatic heterocycles. The molecule has 1 amide bonds. The summed E-state index contributed by atoms with van der Waals surface area (Å²) >= 11 is 0. The molecule has 0 bridgehead atoms. The van der Waals surface area contributed by atoms with Gasteiger partial charge in [0.1, 0.15) is 5.65 Å². The molecule has 0 saturated heterocycles. The number of imidazole rings is 1. The van der Waals surface area contributed by atoms with Gasteiger partial charge in [0, 0.05) is 18.6 Å². The van der Waals surface area contributed by atoms with E-state index in [1.54, 1.807) is 35.1 Å². The number of carbonyl (C=O) groups is 1. The van der Waals surface area contributed by atoms with Crippen molar-refractivity contribution < 1.29 is 9.90 Å². The first-order valence-corrected chi connectivity index (χ1v) is 5.59. The summed E-state index contributed by atoms with van der Waals surface area (Å²) in [6.45, 7) is 1.87. The highest BCUT2D eigenvalue weighted by Crippen LogP contribution is 2.05. The van der Waals surface area contributed by atoms with E-state index in [0.717, 1.165) is 5.65 Å². The van der Waals surface area contributed by atoms with Crippen molar-refractivity contribution in [3.05, 3.63) is 36.3 Å². The highest BCUT2D eigenvalue weighted by atomic mass is 16.3. The van der Waals surface area contributed by atoms with Gasteiger partial charge >= 0.3 is 0 Å². The number of amides is 1. The number of aliphatic hydroxyl groups excluding tert-OH is 1. The predicted molar refractivity (Wildman–Crippen MR) is 63.8 cm³/mol. The minimum atomic E-state index is -0.194. The normalized spacial score (nSPS) is 12.6. The van der Waals surface area contributed by atoms with Crippen molar-refractivity contribution >= 4 is 11.6 Å². The molecular weight excluding hydrogens is 218 g/mol. The molecule has 0 fully saturated rings. The van der Waals surface area contributed by atoms with Gasteiger partial charge in [0.25, 0.3) is 5.91 Å². The number of rotatable bonds is 4. The van der Waals surface area contributed by atoms with Gasteiger partial charge in [-0.3, -0.25) is 4.79 Å². The molecule has 5 nitrogen and oxygen atoms in total. The average molecular weight is 233 g/mol. The standard InChI is InChI=1S/C12H15N3O2/c1-2-10(8-16)14-12(17)9-3-4-11-13-5-6-15(11)7-9/h3-7,10,16H,2,8H2,1H3,(H,14,17). The molecule has 0 saturated carbocycles. The van der Waals surface area contributed by atoms with Gasteiger partial charge in [-0.15, -0.1) is 0 Å². The lowest BCUT2D eigenvalue weighted by atomic mass is 10.2. The van der Waals surface area contributed by atoms with Crippen molar-refractivity contribution in [1.29, 1.82) is 0 Å². The van der Waals surface area contributed by atoms with Crippen LogP contribution in [0.25, 0.3) is 5.65 Å². The smallest absolute Gasteiger partial charge is 0.253 e. The van der Waals surface area contributed by atoms with Crippen LogP contribution in [0.4, 0.5) is 0 Å². The molecule has 0 spiro atoms. The third-order valence-electron chi connectivity index (χ3n) is 2.70. The summed E-state index contributed by atoms with van der Waals surface area (Å²) in [5, 5.41) is 11.8. The lowest BCUT2D eigenvalue weighted by molar-refractivity contribution is 0.0914. The van der Waals surface area contributed by atoms with Gasteiger partial charge in [0.15, 0.2) is 0 Å². The van der Waals surface area contributed by atoms with Gasteiger partial charge in [-0.05, 0) is 18.6 Å². The molecule has 0 aliphatic rings. The molecule has 2 aromatic heterocycles. The van der Waals surface area contributed by atoms with E-state index >= 15 is 0 Å². The number of hydrogen-bond acceptors (Lipinski definition) is 3. The molecule has 2 rings (SSSR count). The third kappa shape index (κ3) is 2.45. The van der Waals surface area contributed by atoms with E-state index in [2.05, 4.69) is 10.3 Å². The number of nitrogens with zero attached hydrogens (tertiary/aromatic N) is 2. The summed E-state index contributed by atoms with van der Waals surface area (Å²) in [6, 6.07) is 3.32. The molecule has 90 valence electrons. The third-order valence-corrected chi connectivity index (χ3v) is 2.70. The zero-order chi connectivity index (χ0) is 12.3. The Morgan fingerprint density at radius 3 is 3.12 bits per heavy atom. The molecule has 17 heavy (non-hydrogen) atoms. The number of carbonyl (C=O) groups excluding carboxylic acids is 1. The summed E-state index contributed by atoms with van der Waals surface area (Å²) in [5.74, 6) is -0.179. The number of aromatic nitrogens is 2. The van der Waals surface area contributed by atoms with Crippen LogP contribution >= 0.6 is 0 Å². The Bertz CT molecular complexity index is 517. The molecule has 1 unspecified atom stereocenters. The predicted octanol–water partition coefficient (Wildman–Crippen LogP) is 0.835. The minimum absolute atomic E-state index is 0.0461. The molecular formula is C12H15N3O2. The molecule has 2 heterocycles. The van der Waals surface area contributed by atoms with Crippen molar-refractivity contribution in [1.82, 2.24) is 14.7 Å². The maximum absolute atomic E-state index is 11.9. The SMILES string of the molecule is CCC(CO)NC(=O)c1ccc2nccn2c1. The summed E-state index contributed by atoms with van der Waals surface area (Å²) in [5.41, 5.74) is 1.36. The van der Waals surface area contributed by atoms with E-state index in [0.29, 0.717) is 12.0 Å². The zero-order valence-electron chi connectivity index (χ0n) is 9.63. The van der Waals surface area contributed by atoms with E-state index in [-0.39, 0.29) is 18.6 Å². The summed E-state index contributed by atoms with van der Waals surface area (Å²) in [4.78, 5) is 16.0. The first-order chi connectivity index (χ1) is 8.24. The molecule has 2 N–H and O–H groups in total. The van der Waals surface area contributed by atoms with Gasteiger partial charge < -0.3 is 14.8 Å². The van der Waals surface area contributed by atoms with Crippen LogP contribution < -0.4 is 5.32 Å². The van der Waals surface area contributed by atoms with Crippen LogP contribution in [0, 0.1) is 0 Å². The Balaban J connectivity index is 2.18. The molecule has 0 aliphatic carbocycles. The largest absolute Gasteiger partial charge is 0.394 e. The second kappa shape index (κ2) is 4.97. The van der Waals surface area contributed by atoms with Crippen LogP contribution in [0.3, 0.4) is 0 Å². The van der Waals surface area contributed by atoms with Crippen LogP contribution in [-0.4, -0.2) is 33.0 Å². The van der Waals surface area contributed by atoms with Gasteiger partial charge in [-0.25, -0.2) is 4.98 Å². The Kier molecular flexibility index (Phi) is 3.39. The van der Waals surface area contributed by atoms with Crippen LogP contribution in [0.2, 0.25) is 0 Å². The second-order valence-corrected chi connectivity index (χ2v) is 3.87. The molecule has 5 heteroatoms. The number of pyridine rings is 1. The highest BCUT2D eigenvalue weighted by Gasteiger charge is 2.11. The van der Waals surface area contributed by atoms with Crippen molar-refractivity contribution in [2.75, 3.05) is 6.61 Å². The molecule has 1 atom stereocenters. The van der Waals surface area contributed by atoms with Crippen LogP contribution in [0.5, 0.6) is 0 Å². The second-order valence-electron chi connectivity index (χ2n) is 3.87. The topological polar surface area (TPSA) is 66.6 Å². The fourth-order valence-corrected chi connectivity index (χ4v) is 1.60. The summed E-state index contributed by atoms with van der Waals surface area (Å²) < 4.78 is 1.79. The Morgan fingerprint density at radius 2 is 2.41 bits per heavy atom. The van der Waals surface area contributed by atoms with Crippen LogP contribution in [0.15, 0.2) is 30.7 Å². The lowest BCUT2D eigenvalue weighted by Crippen LogP contribution is -2.37. The van der Waals surface area contributed by atoms with Gasteiger partial charge in [0.2, 0.25) is 0 Å². The Labute approximate surface area is 99.1 Å². The monoisotopic (exact) mass is 233 g/mol. The number of hydrogen-bond donors (Lipinski definition) is 2. The van der Waals surface area contributed by atoms with E-state index in [1.165, 1.54) is 0 Å². The maximum atomic E-state index is 11.9. The maximum Gasteiger partial charge on any atom is 0.253 e. The quantitative estimate of drug-likeness (QED) is 0.822. The van der Waals surface area contributed by atoms with Crippen molar-refractivity contribution in [2.24, 2.45) is 0 Å². The van der Waals surface area contributed by atoms with E-state index in [1.807, 2.05) is 6.92 Å². The Morgan fingerprint density at radius 1 is 1.59 bits per heavy atom. The van der Waals surface area contributed by atoms with Crippen molar-refractivity contribution in [3.8, 4) is 0 Å². The highest BCUT2D eigenvalue weighted by molar-refractivity contribution is 5.94. The number of aliphatic hydroxyl groups is 1. The first-order valence-electron chi connectivity index (χ1n) is 5.59. The van der Waals surface area contributed by atoms with Crippen LogP contribution in [-0.2, 0) is 0 Å².